The third-order valence-electron chi connectivity index (χ3n) is 11.1. The van der Waals surface area contributed by atoms with Crippen LogP contribution in [0.2, 0.25) is 0 Å². The van der Waals surface area contributed by atoms with Crippen molar-refractivity contribution in [2.24, 2.45) is 5.41 Å². The van der Waals surface area contributed by atoms with Gasteiger partial charge in [0, 0.05) is 34.1 Å². The van der Waals surface area contributed by atoms with E-state index in [0.717, 1.165) is 12.8 Å². The molecule has 0 fully saturated rings. The van der Waals surface area contributed by atoms with E-state index in [-0.39, 0.29) is 17.5 Å². The Hall–Kier alpha value is -4.24. The molecule has 5 aromatic rings. The lowest BCUT2D eigenvalue weighted by atomic mass is 9.33. The van der Waals surface area contributed by atoms with Crippen LogP contribution in [0, 0.1) is 5.41 Å². The second-order valence-electron chi connectivity index (χ2n) is 16.0. The van der Waals surface area contributed by atoms with E-state index >= 15 is 0 Å². The lowest BCUT2D eigenvalue weighted by Gasteiger charge is -2.45. The van der Waals surface area contributed by atoms with Crippen molar-refractivity contribution in [3.63, 3.8) is 0 Å². The van der Waals surface area contributed by atoms with Gasteiger partial charge in [0.1, 0.15) is 0 Å². The van der Waals surface area contributed by atoms with Crippen LogP contribution in [0.15, 0.2) is 97.1 Å². The Bertz CT molecular complexity index is 2020. The van der Waals surface area contributed by atoms with Gasteiger partial charge in [-0.25, -0.2) is 0 Å². The van der Waals surface area contributed by atoms with Gasteiger partial charge in [-0.2, -0.15) is 0 Å². The Morgan fingerprint density at radius 3 is 1.54 bits per heavy atom. The Morgan fingerprint density at radius 2 is 1.02 bits per heavy atom. The predicted molar refractivity (Wildman–Crippen MR) is 197 cm³/mol. The predicted octanol–water partition coefficient (Wildman–Crippen LogP) is 9.07. The van der Waals surface area contributed by atoms with Crippen molar-refractivity contribution in [2.45, 2.75) is 78.6 Å². The molecule has 228 valence electrons. The summed E-state index contributed by atoms with van der Waals surface area (Å²) in [4.78, 5) is 5.19. The summed E-state index contributed by atoms with van der Waals surface area (Å²) in [5, 5.41) is 0. The van der Waals surface area contributed by atoms with Crippen molar-refractivity contribution in [2.75, 3.05) is 9.80 Å². The molecule has 0 unspecified atom stereocenters. The van der Waals surface area contributed by atoms with Gasteiger partial charge in [0.05, 0.1) is 0 Å². The first-order chi connectivity index (χ1) is 22.2. The Balaban J connectivity index is 1.42. The summed E-state index contributed by atoms with van der Waals surface area (Å²) in [5.74, 6) is 0. The summed E-state index contributed by atoms with van der Waals surface area (Å²) in [6.07, 6.45) is 7.21. The summed E-state index contributed by atoms with van der Waals surface area (Å²) in [6.45, 7) is 12.1. The van der Waals surface area contributed by atoms with Gasteiger partial charge in [-0.05, 0) is 142 Å². The molecule has 0 N–H and O–H groups in total. The minimum Gasteiger partial charge on any atom is -0.311 e. The highest BCUT2D eigenvalue weighted by atomic mass is 15.2. The molecule has 0 atom stereocenters. The first-order valence-electron chi connectivity index (χ1n) is 17.4. The summed E-state index contributed by atoms with van der Waals surface area (Å²) in [7, 11) is 0. The molecule has 2 nitrogen and oxygen atoms in total. The van der Waals surface area contributed by atoms with Gasteiger partial charge in [0.15, 0.2) is 0 Å². The van der Waals surface area contributed by atoms with Crippen LogP contribution in [0.25, 0.3) is 0 Å². The van der Waals surface area contributed by atoms with Crippen LogP contribution >= 0.6 is 0 Å². The van der Waals surface area contributed by atoms with Crippen molar-refractivity contribution in [1.82, 2.24) is 0 Å². The summed E-state index contributed by atoms with van der Waals surface area (Å²) in [6, 6.07) is 37.6. The maximum Gasteiger partial charge on any atom is 0.252 e. The molecule has 0 radical (unpaired) electrons. The molecule has 0 aromatic heterocycles. The number of rotatable bonds is 2. The average Bonchev–Trinajstić information content (AvgIpc) is 3.35. The Morgan fingerprint density at radius 1 is 0.565 bits per heavy atom. The number of hydrogen-bond donors (Lipinski definition) is 0. The smallest absolute Gasteiger partial charge is 0.252 e. The van der Waals surface area contributed by atoms with Gasteiger partial charge >= 0.3 is 0 Å². The second-order valence-corrected chi connectivity index (χ2v) is 16.0. The fourth-order valence-electron chi connectivity index (χ4n) is 8.93. The third-order valence-corrected chi connectivity index (χ3v) is 11.1. The number of aryl methyl sites for hydroxylation is 2. The monoisotopic (exact) mass is 598 g/mol. The number of hydrogen-bond acceptors (Lipinski definition) is 2. The Kier molecular flexibility index (Phi) is 6.02. The van der Waals surface area contributed by atoms with Crippen molar-refractivity contribution < 1.29 is 0 Å². The van der Waals surface area contributed by atoms with E-state index in [2.05, 4.69) is 141 Å². The zero-order chi connectivity index (χ0) is 31.4. The fraction of sp³-hybridized carbons (Fsp3) is 0.302. The number of anilines is 6. The zero-order valence-corrected chi connectivity index (χ0v) is 28.0. The molecule has 2 aliphatic carbocycles. The SMILES string of the molecule is CC1(C)Cc2cc3c(cc2C1)N(c1ccccc1)c1cc(C(C)(C)C)cc2c1B3c1cc3c(cc1N2c1ccccc1)CCCC3. The highest BCUT2D eigenvalue weighted by Gasteiger charge is 2.45. The molecule has 2 aliphatic heterocycles. The molecule has 0 spiro atoms. The van der Waals surface area contributed by atoms with Crippen molar-refractivity contribution >= 4 is 57.2 Å². The number of benzene rings is 5. The van der Waals surface area contributed by atoms with E-state index in [4.69, 9.17) is 0 Å². The summed E-state index contributed by atoms with van der Waals surface area (Å²) in [5.41, 5.74) is 20.0. The maximum absolute atomic E-state index is 2.62. The molecule has 0 saturated carbocycles. The van der Waals surface area contributed by atoms with Crippen molar-refractivity contribution in [3.8, 4) is 0 Å². The third kappa shape index (κ3) is 4.24. The van der Waals surface area contributed by atoms with Crippen LogP contribution in [0.5, 0.6) is 0 Å². The largest absolute Gasteiger partial charge is 0.311 e. The van der Waals surface area contributed by atoms with Gasteiger partial charge < -0.3 is 9.80 Å². The maximum atomic E-state index is 2.62. The molecular formula is C43H43BN2. The molecule has 0 amide bonds. The molecule has 46 heavy (non-hydrogen) atoms. The standard InChI is InChI=1S/C43H43BN2/c1-42(2,3)32-24-39-41-40(25-32)46(34-18-10-7-11-19-34)38-23-31-27-43(4,5)26-30(31)21-36(38)44(41)35-20-28-14-12-13-15-29(28)22-37(35)45(39)33-16-8-6-9-17-33/h6-11,16-25H,12-15,26-27H2,1-5H3. The molecule has 9 rings (SSSR count). The van der Waals surface area contributed by atoms with Crippen LogP contribution < -0.4 is 26.2 Å². The van der Waals surface area contributed by atoms with Gasteiger partial charge in [0.25, 0.3) is 6.71 Å². The van der Waals surface area contributed by atoms with Gasteiger partial charge in [0.2, 0.25) is 0 Å². The van der Waals surface area contributed by atoms with Crippen LogP contribution in [-0.4, -0.2) is 6.71 Å². The van der Waals surface area contributed by atoms with Crippen LogP contribution in [-0.2, 0) is 31.1 Å². The lowest BCUT2D eigenvalue weighted by molar-refractivity contribution is 0.392. The van der Waals surface area contributed by atoms with Gasteiger partial charge in [-0.1, -0.05) is 83.1 Å². The van der Waals surface area contributed by atoms with Crippen molar-refractivity contribution in [1.29, 1.82) is 0 Å². The van der Waals surface area contributed by atoms with E-state index in [1.54, 1.807) is 11.1 Å². The van der Waals surface area contributed by atoms with Crippen LogP contribution in [0.1, 0.15) is 75.3 Å². The first-order valence-corrected chi connectivity index (χ1v) is 17.4. The topological polar surface area (TPSA) is 6.48 Å². The quantitative estimate of drug-likeness (QED) is 0.183. The lowest BCUT2D eigenvalue weighted by Crippen LogP contribution is -2.61. The van der Waals surface area contributed by atoms with E-state index in [0.29, 0.717) is 0 Å². The number of fused-ring (bicyclic) bond motifs is 6. The molecule has 3 heteroatoms. The molecule has 2 heterocycles. The molecule has 0 saturated heterocycles. The van der Waals surface area contributed by atoms with E-state index in [9.17, 15) is 0 Å². The molecule has 0 bridgehead atoms. The Labute approximate surface area is 275 Å². The minimum atomic E-state index is -0.00981. The second kappa shape index (κ2) is 9.88. The van der Waals surface area contributed by atoms with E-state index < -0.39 is 0 Å². The van der Waals surface area contributed by atoms with Crippen molar-refractivity contribution in [3.05, 3.63) is 125 Å². The molecule has 5 aromatic carbocycles. The highest BCUT2D eigenvalue weighted by molar-refractivity contribution is 7.00. The molecule has 4 aliphatic rings. The number of nitrogens with zero attached hydrogens (tertiary/aromatic N) is 2. The molecular weight excluding hydrogens is 555 g/mol. The average molecular weight is 599 g/mol. The normalized spacial score (nSPS) is 17.2. The van der Waals surface area contributed by atoms with Crippen LogP contribution in [0.3, 0.4) is 0 Å². The zero-order valence-electron chi connectivity index (χ0n) is 28.0. The minimum absolute atomic E-state index is 0.00981. The van der Waals surface area contributed by atoms with Gasteiger partial charge in [-0.3, -0.25) is 0 Å². The summed E-state index contributed by atoms with van der Waals surface area (Å²) < 4.78 is 0. The van der Waals surface area contributed by atoms with Gasteiger partial charge in [-0.15, -0.1) is 0 Å². The number of para-hydroxylation sites is 2. The summed E-state index contributed by atoms with van der Waals surface area (Å²) >= 11 is 0. The van der Waals surface area contributed by atoms with E-state index in [1.165, 1.54) is 92.9 Å². The van der Waals surface area contributed by atoms with Crippen LogP contribution in [0.4, 0.5) is 34.1 Å². The van der Waals surface area contributed by atoms with E-state index in [1.807, 2.05) is 0 Å². The first kappa shape index (κ1) is 28.0. The highest BCUT2D eigenvalue weighted by Crippen LogP contribution is 2.48. The fourth-order valence-corrected chi connectivity index (χ4v) is 8.93.